The lowest BCUT2D eigenvalue weighted by Crippen LogP contribution is -2.34. The SMILES string of the molecule is CNC1=C([N+](=O)[O-])C(c2ccc(F)cc2)c2c(c3ccccc3n(C)c2=O)O1. The van der Waals surface area contributed by atoms with Gasteiger partial charge in [-0.15, -0.1) is 0 Å². The van der Waals surface area contributed by atoms with E-state index in [-0.39, 0.29) is 22.9 Å². The third-order valence-corrected chi connectivity index (χ3v) is 4.92. The van der Waals surface area contributed by atoms with Crippen molar-refractivity contribution in [1.29, 1.82) is 0 Å². The first-order valence-corrected chi connectivity index (χ1v) is 8.55. The van der Waals surface area contributed by atoms with Crippen LogP contribution < -0.4 is 15.6 Å². The molecule has 0 radical (unpaired) electrons. The largest absolute Gasteiger partial charge is 0.434 e. The summed E-state index contributed by atoms with van der Waals surface area (Å²) in [6.07, 6.45) is 0. The number of nitro groups is 1. The van der Waals surface area contributed by atoms with Crippen LogP contribution in [-0.2, 0) is 7.05 Å². The van der Waals surface area contributed by atoms with Gasteiger partial charge in [0.2, 0.25) is 0 Å². The monoisotopic (exact) mass is 381 g/mol. The van der Waals surface area contributed by atoms with Crippen LogP contribution in [0.15, 0.2) is 64.9 Å². The highest BCUT2D eigenvalue weighted by molar-refractivity contribution is 5.87. The fourth-order valence-corrected chi connectivity index (χ4v) is 3.62. The number of allylic oxidation sites excluding steroid dienone is 1. The van der Waals surface area contributed by atoms with E-state index in [2.05, 4.69) is 5.32 Å². The van der Waals surface area contributed by atoms with Gasteiger partial charge >= 0.3 is 5.70 Å². The summed E-state index contributed by atoms with van der Waals surface area (Å²) in [6.45, 7) is 0. The van der Waals surface area contributed by atoms with Crippen molar-refractivity contribution in [2.24, 2.45) is 7.05 Å². The maximum atomic E-state index is 13.5. The van der Waals surface area contributed by atoms with E-state index in [4.69, 9.17) is 4.74 Å². The number of fused-ring (bicyclic) bond motifs is 3. The molecule has 2 aromatic carbocycles. The molecule has 1 N–H and O–H groups in total. The van der Waals surface area contributed by atoms with E-state index in [1.807, 2.05) is 0 Å². The number of ether oxygens (including phenoxy) is 1. The van der Waals surface area contributed by atoms with Crippen LogP contribution in [0.3, 0.4) is 0 Å². The molecule has 4 rings (SSSR count). The van der Waals surface area contributed by atoms with E-state index in [0.29, 0.717) is 16.5 Å². The highest BCUT2D eigenvalue weighted by atomic mass is 19.1. The van der Waals surface area contributed by atoms with Crippen LogP contribution in [0, 0.1) is 15.9 Å². The van der Waals surface area contributed by atoms with Gasteiger partial charge in [0.25, 0.3) is 11.4 Å². The molecule has 0 saturated carbocycles. The number of benzene rings is 2. The van der Waals surface area contributed by atoms with Crippen LogP contribution in [-0.4, -0.2) is 16.5 Å². The minimum absolute atomic E-state index is 0.0507. The van der Waals surface area contributed by atoms with Crippen molar-refractivity contribution in [3.63, 3.8) is 0 Å². The lowest BCUT2D eigenvalue weighted by atomic mass is 9.86. The van der Waals surface area contributed by atoms with Crippen molar-refractivity contribution in [3.05, 3.63) is 97.5 Å². The number of nitrogens with one attached hydrogen (secondary N) is 1. The van der Waals surface area contributed by atoms with Gasteiger partial charge in [-0.25, -0.2) is 4.39 Å². The molecule has 3 aromatic rings. The molecule has 1 atom stereocenters. The summed E-state index contributed by atoms with van der Waals surface area (Å²) in [7, 11) is 3.12. The van der Waals surface area contributed by atoms with Gasteiger partial charge in [-0.05, 0) is 29.8 Å². The Bertz CT molecular complexity index is 1200. The molecule has 1 aromatic heterocycles. The van der Waals surface area contributed by atoms with Crippen molar-refractivity contribution in [2.75, 3.05) is 7.05 Å². The summed E-state index contributed by atoms with van der Waals surface area (Å²) >= 11 is 0. The Balaban J connectivity index is 2.14. The molecule has 0 amide bonds. The number of hydrogen-bond acceptors (Lipinski definition) is 5. The minimum Gasteiger partial charge on any atom is -0.434 e. The average Bonchev–Trinajstić information content (AvgIpc) is 2.71. The molecule has 0 bridgehead atoms. The second-order valence-corrected chi connectivity index (χ2v) is 6.43. The van der Waals surface area contributed by atoms with Gasteiger partial charge in [-0.1, -0.05) is 24.3 Å². The van der Waals surface area contributed by atoms with Crippen molar-refractivity contribution in [3.8, 4) is 5.75 Å². The van der Waals surface area contributed by atoms with Gasteiger partial charge in [0.05, 0.1) is 16.0 Å². The summed E-state index contributed by atoms with van der Waals surface area (Å²) in [5, 5.41) is 15.3. The summed E-state index contributed by atoms with van der Waals surface area (Å²) < 4.78 is 20.7. The fourth-order valence-electron chi connectivity index (χ4n) is 3.62. The van der Waals surface area contributed by atoms with Gasteiger partial charge < -0.3 is 14.6 Å². The predicted molar refractivity (Wildman–Crippen MR) is 101 cm³/mol. The number of rotatable bonds is 3. The van der Waals surface area contributed by atoms with Crippen molar-refractivity contribution >= 4 is 10.9 Å². The number of aryl methyl sites for hydroxylation is 1. The van der Waals surface area contributed by atoms with E-state index in [1.165, 1.54) is 35.9 Å². The molecule has 2 heterocycles. The van der Waals surface area contributed by atoms with Gasteiger partial charge in [-0.3, -0.25) is 14.9 Å². The number of pyridine rings is 1. The first-order valence-electron chi connectivity index (χ1n) is 8.55. The third-order valence-electron chi connectivity index (χ3n) is 4.92. The van der Waals surface area contributed by atoms with Gasteiger partial charge in [0.1, 0.15) is 17.5 Å². The van der Waals surface area contributed by atoms with Crippen LogP contribution in [0.2, 0.25) is 0 Å². The molecule has 0 saturated heterocycles. The minimum atomic E-state index is -1.01. The number of hydrogen-bond donors (Lipinski definition) is 1. The summed E-state index contributed by atoms with van der Waals surface area (Å²) in [5.74, 6) is -1.26. The average molecular weight is 381 g/mol. The highest BCUT2D eigenvalue weighted by Gasteiger charge is 2.42. The molecule has 1 aliphatic rings. The lowest BCUT2D eigenvalue weighted by molar-refractivity contribution is -0.432. The molecule has 0 aliphatic carbocycles. The summed E-state index contributed by atoms with van der Waals surface area (Å²) in [6, 6.07) is 12.5. The van der Waals surface area contributed by atoms with E-state index in [9.17, 15) is 19.3 Å². The molecule has 8 heteroatoms. The van der Waals surface area contributed by atoms with Crippen LogP contribution >= 0.6 is 0 Å². The molecule has 142 valence electrons. The van der Waals surface area contributed by atoms with Crippen molar-refractivity contribution in [1.82, 2.24) is 9.88 Å². The second kappa shape index (κ2) is 6.49. The molecule has 7 nitrogen and oxygen atoms in total. The molecule has 0 spiro atoms. The van der Waals surface area contributed by atoms with Crippen LogP contribution in [0.25, 0.3) is 10.9 Å². The molecule has 28 heavy (non-hydrogen) atoms. The quantitative estimate of drug-likeness (QED) is 0.557. The van der Waals surface area contributed by atoms with Crippen LogP contribution in [0.4, 0.5) is 4.39 Å². The van der Waals surface area contributed by atoms with Crippen molar-refractivity contribution in [2.45, 2.75) is 5.92 Å². The summed E-state index contributed by atoms with van der Waals surface area (Å²) in [4.78, 5) is 24.5. The topological polar surface area (TPSA) is 86.4 Å². The van der Waals surface area contributed by atoms with Crippen LogP contribution in [0.1, 0.15) is 17.0 Å². The van der Waals surface area contributed by atoms with Crippen molar-refractivity contribution < 1.29 is 14.1 Å². The molecule has 0 fully saturated rings. The van der Waals surface area contributed by atoms with E-state index >= 15 is 0 Å². The Kier molecular flexibility index (Phi) is 4.11. The Morgan fingerprint density at radius 2 is 1.86 bits per heavy atom. The first kappa shape index (κ1) is 17.7. The van der Waals surface area contributed by atoms with Gasteiger partial charge in [0, 0.05) is 19.5 Å². The molecule has 1 aliphatic heterocycles. The van der Waals surface area contributed by atoms with E-state index in [1.54, 1.807) is 31.3 Å². The van der Waals surface area contributed by atoms with E-state index in [0.717, 1.165) is 0 Å². The zero-order valence-electron chi connectivity index (χ0n) is 15.1. The van der Waals surface area contributed by atoms with Gasteiger partial charge in [0.15, 0.2) is 0 Å². The zero-order chi connectivity index (χ0) is 20.0. The molecule has 1 unspecified atom stereocenters. The smallest absolute Gasteiger partial charge is 0.317 e. The van der Waals surface area contributed by atoms with Gasteiger partial charge in [-0.2, -0.15) is 0 Å². The maximum Gasteiger partial charge on any atom is 0.317 e. The normalized spacial score (nSPS) is 15.9. The molecular formula is C20H16FN3O4. The van der Waals surface area contributed by atoms with E-state index < -0.39 is 22.2 Å². The Morgan fingerprint density at radius 1 is 1.18 bits per heavy atom. The molecular weight excluding hydrogens is 365 g/mol. The second-order valence-electron chi connectivity index (χ2n) is 6.43. The highest BCUT2D eigenvalue weighted by Crippen LogP contribution is 2.43. The number of para-hydroxylation sites is 1. The Hall–Kier alpha value is -3.68. The zero-order valence-corrected chi connectivity index (χ0v) is 15.1. The number of aromatic nitrogens is 1. The first-order chi connectivity index (χ1) is 13.4. The standard InChI is InChI=1S/C20H16FN3O4/c1-22-19-17(24(26)27)15(11-7-9-12(21)10-8-11)16-18(28-19)13-5-3-4-6-14(13)23(2)20(16)25/h3-10,15,22H,1-2H3. The number of nitrogens with zero attached hydrogens (tertiary/aromatic N) is 2. The Labute approximate surface area is 158 Å². The Morgan fingerprint density at radius 3 is 2.50 bits per heavy atom. The predicted octanol–water partition coefficient (Wildman–Crippen LogP) is 2.87. The maximum absolute atomic E-state index is 13.5. The third kappa shape index (κ3) is 2.53. The number of halogens is 1. The summed E-state index contributed by atoms with van der Waals surface area (Å²) in [5.41, 5.74) is 0.520. The lowest BCUT2D eigenvalue weighted by Gasteiger charge is -2.27. The van der Waals surface area contributed by atoms with Crippen LogP contribution in [0.5, 0.6) is 5.75 Å². The fraction of sp³-hybridized carbons (Fsp3) is 0.150.